The number of alkyl halides is 1. The van der Waals surface area contributed by atoms with E-state index in [0.29, 0.717) is 4.83 Å². The van der Waals surface area contributed by atoms with Crippen LogP contribution in [0.3, 0.4) is 0 Å². The molecule has 4 heteroatoms. The molecule has 3 nitrogen and oxygen atoms in total. The van der Waals surface area contributed by atoms with Gasteiger partial charge in [-0.2, -0.15) is 0 Å². The standard InChI is InChI=1S/C15H17BrN2O/c1-11(16)8-10-18(2)15(19)13-7-9-17-14-6-4-3-5-12(13)14/h3-7,9,11H,8,10H2,1-2H3. The van der Waals surface area contributed by atoms with Crippen LogP contribution in [-0.4, -0.2) is 34.2 Å². The van der Waals surface area contributed by atoms with Crippen molar-refractivity contribution in [3.05, 3.63) is 42.1 Å². The number of fused-ring (bicyclic) bond motifs is 1. The first-order valence-corrected chi connectivity index (χ1v) is 7.24. The minimum Gasteiger partial charge on any atom is -0.342 e. The maximum atomic E-state index is 12.5. The van der Waals surface area contributed by atoms with Crippen molar-refractivity contribution in [1.29, 1.82) is 0 Å². The lowest BCUT2D eigenvalue weighted by atomic mass is 10.1. The van der Waals surface area contributed by atoms with E-state index in [0.717, 1.165) is 29.4 Å². The zero-order chi connectivity index (χ0) is 13.8. The average Bonchev–Trinajstić information content (AvgIpc) is 2.43. The topological polar surface area (TPSA) is 33.2 Å². The molecule has 1 unspecified atom stereocenters. The van der Waals surface area contributed by atoms with Crippen LogP contribution in [0.1, 0.15) is 23.7 Å². The summed E-state index contributed by atoms with van der Waals surface area (Å²) < 4.78 is 0. The van der Waals surface area contributed by atoms with Crippen molar-refractivity contribution in [2.24, 2.45) is 0 Å². The molecule has 100 valence electrons. The molecule has 0 saturated heterocycles. The normalized spacial score (nSPS) is 12.4. The number of benzene rings is 1. The molecule has 0 N–H and O–H groups in total. The summed E-state index contributed by atoms with van der Waals surface area (Å²) in [6.45, 7) is 2.82. The minimum atomic E-state index is 0.0479. The van der Waals surface area contributed by atoms with E-state index in [4.69, 9.17) is 0 Å². The van der Waals surface area contributed by atoms with Gasteiger partial charge in [-0.25, -0.2) is 0 Å². The number of carbonyl (C=O) groups is 1. The molecular weight excluding hydrogens is 304 g/mol. The van der Waals surface area contributed by atoms with Gasteiger partial charge in [-0.1, -0.05) is 41.1 Å². The van der Waals surface area contributed by atoms with E-state index < -0.39 is 0 Å². The van der Waals surface area contributed by atoms with Gasteiger partial charge in [-0.3, -0.25) is 9.78 Å². The number of rotatable bonds is 4. The number of halogens is 1. The predicted octanol–water partition coefficient (Wildman–Crippen LogP) is 3.48. The highest BCUT2D eigenvalue weighted by molar-refractivity contribution is 9.09. The van der Waals surface area contributed by atoms with E-state index in [1.54, 1.807) is 17.2 Å². The number of nitrogens with zero attached hydrogens (tertiary/aromatic N) is 2. The molecule has 0 saturated carbocycles. The van der Waals surface area contributed by atoms with Crippen LogP contribution in [-0.2, 0) is 0 Å². The third kappa shape index (κ3) is 3.32. The lowest BCUT2D eigenvalue weighted by molar-refractivity contribution is 0.0796. The van der Waals surface area contributed by atoms with Crippen molar-refractivity contribution >= 4 is 32.7 Å². The van der Waals surface area contributed by atoms with E-state index in [-0.39, 0.29) is 5.91 Å². The summed E-state index contributed by atoms with van der Waals surface area (Å²) in [5, 5.41) is 0.911. The number of aromatic nitrogens is 1. The van der Waals surface area contributed by atoms with E-state index >= 15 is 0 Å². The molecule has 1 heterocycles. The highest BCUT2D eigenvalue weighted by Gasteiger charge is 2.15. The largest absolute Gasteiger partial charge is 0.342 e. The Kier molecular flexibility index (Phi) is 4.53. The van der Waals surface area contributed by atoms with Crippen LogP contribution in [0.2, 0.25) is 0 Å². The number of para-hydroxylation sites is 1. The molecular formula is C15H17BrN2O. The van der Waals surface area contributed by atoms with Gasteiger partial charge in [0, 0.05) is 30.0 Å². The van der Waals surface area contributed by atoms with Gasteiger partial charge < -0.3 is 4.90 Å². The van der Waals surface area contributed by atoms with Crippen LogP contribution < -0.4 is 0 Å². The van der Waals surface area contributed by atoms with Crippen molar-refractivity contribution in [3.8, 4) is 0 Å². The number of pyridine rings is 1. The van der Waals surface area contributed by atoms with Crippen molar-refractivity contribution in [1.82, 2.24) is 9.88 Å². The molecule has 0 fully saturated rings. The van der Waals surface area contributed by atoms with Gasteiger partial charge in [0.1, 0.15) is 0 Å². The lowest BCUT2D eigenvalue weighted by Gasteiger charge is -2.18. The van der Waals surface area contributed by atoms with Crippen molar-refractivity contribution in [3.63, 3.8) is 0 Å². The first-order valence-electron chi connectivity index (χ1n) is 6.33. The van der Waals surface area contributed by atoms with Crippen LogP contribution >= 0.6 is 15.9 Å². The molecule has 1 amide bonds. The summed E-state index contributed by atoms with van der Waals surface area (Å²) >= 11 is 3.50. The maximum absolute atomic E-state index is 12.5. The fourth-order valence-electron chi connectivity index (χ4n) is 1.96. The SMILES string of the molecule is CC(Br)CCN(C)C(=O)c1ccnc2ccccc12. The zero-order valence-electron chi connectivity index (χ0n) is 11.1. The minimum absolute atomic E-state index is 0.0479. The molecule has 1 aromatic carbocycles. The smallest absolute Gasteiger partial charge is 0.254 e. The van der Waals surface area contributed by atoms with Gasteiger partial charge in [0.15, 0.2) is 0 Å². The Morgan fingerprint density at radius 1 is 1.37 bits per heavy atom. The number of amides is 1. The quantitative estimate of drug-likeness (QED) is 0.808. The summed E-state index contributed by atoms with van der Waals surface area (Å²) in [4.78, 5) is 18.9. The van der Waals surface area contributed by atoms with E-state index in [1.165, 1.54) is 0 Å². The Morgan fingerprint density at radius 3 is 2.84 bits per heavy atom. The average molecular weight is 321 g/mol. The lowest BCUT2D eigenvalue weighted by Crippen LogP contribution is -2.29. The first-order chi connectivity index (χ1) is 9.09. The van der Waals surface area contributed by atoms with Gasteiger partial charge in [0.25, 0.3) is 5.91 Å². The molecule has 2 aromatic rings. The van der Waals surface area contributed by atoms with Gasteiger partial charge in [-0.15, -0.1) is 0 Å². The van der Waals surface area contributed by atoms with Crippen molar-refractivity contribution < 1.29 is 4.79 Å². The number of hydrogen-bond acceptors (Lipinski definition) is 2. The third-order valence-electron chi connectivity index (χ3n) is 3.09. The highest BCUT2D eigenvalue weighted by atomic mass is 79.9. The summed E-state index contributed by atoms with van der Waals surface area (Å²) in [7, 11) is 1.84. The summed E-state index contributed by atoms with van der Waals surface area (Å²) in [5.41, 5.74) is 1.57. The number of carbonyl (C=O) groups excluding carboxylic acids is 1. The van der Waals surface area contributed by atoms with Gasteiger partial charge in [-0.05, 0) is 18.6 Å². The van der Waals surface area contributed by atoms with Crippen LogP contribution in [0, 0.1) is 0 Å². The van der Waals surface area contributed by atoms with Gasteiger partial charge in [0.05, 0.1) is 11.1 Å². The Balaban J connectivity index is 2.26. The summed E-state index contributed by atoms with van der Waals surface area (Å²) in [6.07, 6.45) is 2.63. The second-order valence-corrected chi connectivity index (χ2v) is 6.23. The van der Waals surface area contributed by atoms with Crippen molar-refractivity contribution in [2.75, 3.05) is 13.6 Å². The predicted molar refractivity (Wildman–Crippen MR) is 81.7 cm³/mol. The van der Waals surface area contributed by atoms with Crippen LogP contribution in [0.5, 0.6) is 0 Å². The zero-order valence-corrected chi connectivity index (χ0v) is 12.7. The molecule has 0 aliphatic carbocycles. The fraction of sp³-hybridized carbons (Fsp3) is 0.333. The van der Waals surface area contributed by atoms with E-state index in [9.17, 15) is 4.79 Å². The molecule has 0 bridgehead atoms. The molecule has 0 radical (unpaired) electrons. The molecule has 19 heavy (non-hydrogen) atoms. The second-order valence-electron chi connectivity index (χ2n) is 4.67. The Bertz CT molecular complexity index is 578. The first kappa shape index (κ1) is 14.0. The van der Waals surface area contributed by atoms with E-state index in [1.807, 2.05) is 31.3 Å². The molecule has 0 aliphatic heterocycles. The van der Waals surface area contributed by atoms with Crippen LogP contribution in [0.4, 0.5) is 0 Å². The third-order valence-corrected chi connectivity index (χ3v) is 3.55. The van der Waals surface area contributed by atoms with Gasteiger partial charge >= 0.3 is 0 Å². The second kappa shape index (κ2) is 6.15. The van der Waals surface area contributed by atoms with E-state index in [2.05, 4.69) is 27.8 Å². The monoisotopic (exact) mass is 320 g/mol. The fourth-order valence-corrected chi connectivity index (χ4v) is 2.17. The molecule has 0 aliphatic rings. The summed E-state index contributed by atoms with van der Waals surface area (Å²) in [6, 6.07) is 9.52. The van der Waals surface area contributed by atoms with Gasteiger partial charge in [0.2, 0.25) is 0 Å². The maximum Gasteiger partial charge on any atom is 0.254 e. The van der Waals surface area contributed by atoms with Crippen LogP contribution in [0.15, 0.2) is 36.5 Å². The number of hydrogen-bond donors (Lipinski definition) is 0. The highest BCUT2D eigenvalue weighted by Crippen LogP contribution is 2.18. The Labute approximate surface area is 121 Å². The Hall–Kier alpha value is -1.42. The molecule has 0 spiro atoms. The van der Waals surface area contributed by atoms with Crippen molar-refractivity contribution in [2.45, 2.75) is 18.2 Å². The summed E-state index contributed by atoms with van der Waals surface area (Å²) in [5.74, 6) is 0.0479. The molecule has 1 aromatic heterocycles. The van der Waals surface area contributed by atoms with Crippen LogP contribution in [0.25, 0.3) is 10.9 Å². The Morgan fingerprint density at radius 2 is 2.11 bits per heavy atom. The molecule has 2 rings (SSSR count). The molecule has 1 atom stereocenters.